The Morgan fingerprint density at radius 3 is 2.28 bits per heavy atom. The topological polar surface area (TPSA) is 75.4 Å². The minimum absolute atomic E-state index is 0.00291. The largest absolute Gasteiger partial charge is 0.399 e. The highest BCUT2D eigenvalue weighted by molar-refractivity contribution is 5.94. The number of benzene rings is 2. The number of likely N-dealkylation sites (tertiary alicyclic amines) is 1. The standard InChI is InChI=1S/C20H23N3O2/c21-18-8-6-17(7-9-18)20(25)23-12-10-16(11-13-23)19(24)22-14-15-4-2-1-3-5-15/h1-9,16H,10-14,21H2,(H,22,24). The highest BCUT2D eigenvalue weighted by Gasteiger charge is 2.27. The van der Waals surface area contributed by atoms with Crippen molar-refractivity contribution in [2.45, 2.75) is 19.4 Å². The normalized spacial score (nSPS) is 15.0. The predicted molar refractivity (Wildman–Crippen MR) is 97.8 cm³/mol. The van der Waals surface area contributed by atoms with Crippen LogP contribution in [-0.4, -0.2) is 29.8 Å². The van der Waals surface area contributed by atoms with Crippen molar-refractivity contribution in [2.24, 2.45) is 5.92 Å². The summed E-state index contributed by atoms with van der Waals surface area (Å²) in [5.74, 6) is 0.0470. The van der Waals surface area contributed by atoms with Gasteiger partial charge in [-0.2, -0.15) is 0 Å². The van der Waals surface area contributed by atoms with Crippen LogP contribution in [0.5, 0.6) is 0 Å². The SMILES string of the molecule is Nc1ccc(C(=O)N2CCC(C(=O)NCc3ccccc3)CC2)cc1. The zero-order valence-corrected chi connectivity index (χ0v) is 14.2. The Morgan fingerprint density at radius 1 is 1.00 bits per heavy atom. The van der Waals surface area contributed by atoms with Crippen LogP contribution >= 0.6 is 0 Å². The summed E-state index contributed by atoms with van der Waals surface area (Å²) < 4.78 is 0. The molecule has 1 saturated heterocycles. The lowest BCUT2D eigenvalue weighted by atomic mass is 9.95. The number of rotatable bonds is 4. The number of nitrogens with two attached hydrogens (primary N) is 1. The van der Waals surface area contributed by atoms with E-state index >= 15 is 0 Å². The number of nitrogen functional groups attached to an aromatic ring is 1. The van der Waals surface area contributed by atoms with Crippen LogP contribution < -0.4 is 11.1 Å². The Kier molecular flexibility index (Phi) is 5.33. The number of amides is 2. The van der Waals surface area contributed by atoms with Crippen molar-refractivity contribution in [3.05, 3.63) is 65.7 Å². The van der Waals surface area contributed by atoms with Crippen LogP contribution in [0.4, 0.5) is 5.69 Å². The monoisotopic (exact) mass is 337 g/mol. The van der Waals surface area contributed by atoms with E-state index in [1.807, 2.05) is 35.2 Å². The molecule has 2 amide bonds. The predicted octanol–water partition coefficient (Wildman–Crippen LogP) is 2.44. The molecule has 2 aromatic carbocycles. The lowest BCUT2D eigenvalue weighted by Gasteiger charge is -2.31. The van der Waals surface area contributed by atoms with Crippen LogP contribution in [0, 0.1) is 5.92 Å². The zero-order valence-electron chi connectivity index (χ0n) is 14.2. The van der Waals surface area contributed by atoms with Crippen molar-refractivity contribution in [1.29, 1.82) is 0 Å². The van der Waals surface area contributed by atoms with E-state index in [0.29, 0.717) is 43.7 Å². The Hall–Kier alpha value is -2.82. The zero-order chi connectivity index (χ0) is 17.6. The molecule has 130 valence electrons. The summed E-state index contributed by atoms with van der Waals surface area (Å²) >= 11 is 0. The fraction of sp³-hybridized carbons (Fsp3) is 0.300. The van der Waals surface area contributed by atoms with Gasteiger partial charge in [0.2, 0.25) is 5.91 Å². The van der Waals surface area contributed by atoms with E-state index in [-0.39, 0.29) is 17.7 Å². The molecular formula is C20H23N3O2. The maximum absolute atomic E-state index is 12.5. The second-order valence-electron chi connectivity index (χ2n) is 6.39. The summed E-state index contributed by atoms with van der Waals surface area (Å²) in [6.07, 6.45) is 1.39. The minimum atomic E-state index is -0.0285. The average Bonchev–Trinajstić information content (AvgIpc) is 2.67. The number of nitrogens with zero attached hydrogens (tertiary/aromatic N) is 1. The highest BCUT2D eigenvalue weighted by Crippen LogP contribution is 2.20. The first-order chi connectivity index (χ1) is 12.1. The van der Waals surface area contributed by atoms with Gasteiger partial charge >= 0.3 is 0 Å². The molecule has 0 unspecified atom stereocenters. The first-order valence-corrected chi connectivity index (χ1v) is 8.60. The smallest absolute Gasteiger partial charge is 0.253 e. The molecule has 1 aliphatic rings. The van der Waals surface area contributed by atoms with Gasteiger partial charge in [0, 0.05) is 36.8 Å². The molecule has 3 N–H and O–H groups in total. The van der Waals surface area contributed by atoms with E-state index in [0.717, 1.165) is 5.56 Å². The van der Waals surface area contributed by atoms with E-state index in [1.54, 1.807) is 24.3 Å². The second-order valence-corrected chi connectivity index (χ2v) is 6.39. The van der Waals surface area contributed by atoms with Gasteiger partial charge in [-0.15, -0.1) is 0 Å². The van der Waals surface area contributed by atoms with Crippen LogP contribution in [0.1, 0.15) is 28.8 Å². The minimum Gasteiger partial charge on any atom is -0.399 e. The fourth-order valence-electron chi connectivity index (χ4n) is 3.08. The van der Waals surface area contributed by atoms with Crippen molar-refractivity contribution in [3.63, 3.8) is 0 Å². The molecule has 5 heteroatoms. The van der Waals surface area contributed by atoms with Gasteiger partial charge in [-0.3, -0.25) is 9.59 Å². The number of piperidine rings is 1. The summed E-state index contributed by atoms with van der Waals surface area (Å²) in [6, 6.07) is 16.8. The Bertz CT molecular complexity index is 720. The van der Waals surface area contributed by atoms with Gasteiger partial charge in [-0.25, -0.2) is 0 Å². The van der Waals surface area contributed by atoms with E-state index in [4.69, 9.17) is 5.73 Å². The maximum Gasteiger partial charge on any atom is 0.253 e. The third-order valence-corrected chi connectivity index (χ3v) is 4.62. The van der Waals surface area contributed by atoms with Gasteiger partial charge < -0.3 is 16.0 Å². The molecule has 1 aliphatic heterocycles. The lowest BCUT2D eigenvalue weighted by Crippen LogP contribution is -2.42. The molecule has 0 atom stereocenters. The Labute approximate surface area is 147 Å². The van der Waals surface area contributed by atoms with Crippen LogP contribution in [0.3, 0.4) is 0 Å². The molecule has 2 aromatic rings. The molecule has 0 bridgehead atoms. The van der Waals surface area contributed by atoms with Gasteiger partial charge in [0.15, 0.2) is 0 Å². The number of hydrogen-bond acceptors (Lipinski definition) is 3. The molecule has 0 spiro atoms. The van der Waals surface area contributed by atoms with Crippen LogP contribution in [0.25, 0.3) is 0 Å². The van der Waals surface area contributed by atoms with Crippen molar-refractivity contribution in [1.82, 2.24) is 10.2 Å². The summed E-state index contributed by atoms with van der Waals surface area (Å²) in [7, 11) is 0. The molecule has 5 nitrogen and oxygen atoms in total. The van der Waals surface area contributed by atoms with Crippen molar-refractivity contribution in [2.75, 3.05) is 18.8 Å². The molecule has 0 aliphatic carbocycles. The maximum atomic E-state index is 12.5. The number of carbonyl (C=O) groups is 2. The summed E-state index contributed by atoms with van der Waals surface area (Å²) in [4.78, 5) is 26.6. The quantitative estimate of drug-likeness (QED) is 0.842. The third-order valence-electron chi connectivity index (χ3n) is 4.62. The molecule has 1 fully saturated rings. The van der Waals surface area contributed by atoms with Gasteiger partial charge in [0.1, 0.15) is 0 Å². The third kappa shape index (κ3) is 4.38. The first-order valence-electron chi connectivity index (χ1n) is 8.60. The number of carbonyl (C=O) groups excluding carboxylic acids is 2. The van der Waals surface area contributed by atoms with Gasteiger partial charge in [0.05, 0.1) is 0 Å². The Balaban J connectivity index is 1.48. The van der Waals surface area contributed by atoms with Gasteiger partial charge in [0.25, 0.3) is 5.91 Å². The average molecular weight is 337 g/mol. The van der Waals surface area contributed by atoms with E-state index in [1.165, 1.54) is 0 Å². The molecule has 3 rings (SSSR count). The molecular weight excluding hydrogens is 314 g/mol. The summed E-state index contributed by atoms with van der Waals surface area (Å²) in [5.41, 5.74) is 8.03. The highest BCUT2D eigenvalue weighted by atomic mass is 16.2. The summed E-state index contributed by atoms with van der Waals surface area (Å²) in [6.45, 7) is 1.75. The lowest BCUT2D eigenvalue weighted by molar-refractivity contribution is -0.126. The van der Waals surface area contributed by atoms with Gasteiger partial charge in [-0.05, 0) is 42.7 Å². The molecule has 25 heavy (non-hydrogen) atoms. The van der Waals surface area contributed by atoms with E-state index < -0.39 is 0 Å². The van der Waals surface area contributed by atoms with Crippen molar-refractivity contribution < 1.29 is 9.59 Å². The number of nitrogens with one attached hydrogen (secondary N) is 1. The van der Waals surface area contributed by atoms with Crippen molar-refractivity contribution >= 4 is 17.5 Å². The number of hydrogen-bond donors (Lipinski definition) is 2. The first kappa shape index (κ1) is 17.0. The van der Waals surface area contributed by atoms with Crippen LogP contribution in [0.2, 0.25) is 0 Å². The van der Waals surface area contributed by atoms with Crippen molar-refractivity contribution in [3.8, 4) is 0 Å². The molecule has 1 heterocycles. The van der Waals surface area contributed by atoms with Gasteiger partial charge in [-0.1, -0.05) is 30.3 Å². The fourth-order valence-corrected chi connectivity index (χ4v) is 3.08. The number of anilines is 1. The van der Waals surface area contributed by atoms with Crippen LogP contribution in [-0.2, 0) is 11.3 Å². The second kappa shape index (κ2) is 7.83. The van der Waals surface area contributed by atoms with Crippen LogP contribution in [0.15, 0.2) is 54.6 Å². The van der Waals surface area contributed by atoms with E-state index in [9.17, 15) is 9.59 Å². The molecule has 0 saturated carbocycles. The summed E-state index contributed by atoms with van der Waals surface area (Å²) in [5, 5.41) is 2.99. The van der Waals surface area contributed by atoms with E-state index in [2.05, 4.69) is 5.32 Å². The Morgan fingerprint density at radius 2 is 1.64 bits per heavy atom. The molecule has 0 aromatic heterocycles. The molecule has 0 radical (unpaired) electrons.